The minimum Gasteiger partial charge on any atom is -0.405 e. The highest BCUT2D eigenvalue weighted by molar-refractivity contribution is 7.98. The van der Waals surface area contributed by atoms with E-state index in [1.165, 1.54) is 23.9 Å². The number of hydrogen-bond donors (Lipinski definition) is 0. The molecular formula is C11H11F3O2S. The molecule has 0 aliphatic rings. The molecule has 1 rings (SSSR count). The van der Waals surface area contributed by atoms with Crippen LogP contribution < -0.4 is 4.74 Å². The Kier molecular flexibility index (Phi) is 4.45. The average molecular weight is 264 g/mol. The highest BCUT2D eigenvalue weighted by Crippen LogP contribution is 2.31. The van der Waals surface area contributed by atoms with Crippen LogP contribution in [-0.4, -0.2) is 18.4 Å². The molecule has 0 unspecified atom stereocenters. The van der Waals surface area contributed by atoms with Gasteiger partial charge in [0.2, 0.25) is 0 Å². The van der Waals surface area contributed by atoms with Crippen molar-refractivity contribution in [1.82, 2.24) is 0 Å². The summed E-state index contributed by atoms with van der Waals surface area (Å²) in [5.74, 6) is -0.812. The monoisotopic (exact) mass is 264 g/mol. The molecule has 94 valence electrons. The van der Waals surface area contributed by atoms with Crippen molar-refractivity contribution < 1.29 is 22.7 Å². The number of ketones is 1. The van der Waals surface area contributed by atoms with Crippen molar-refractivity contribution in [3.8, 4) is 5.75 Å². The van der Waals surface area contributed by atoms with Gasteiger partial charge in [0.05, 0.1) is 5.56 Å². The van der Waals surface area contributed by atoms with Crippen molar-refractivity contribution in [3.63, 3.8) is 0 Å². The first-order valence-electron chi connectivity index (χ1n) is 4.84. The quantitative estimate of drug-likeness (QED) is 0.609. The van der Waals surface area contributed by atoms with Crippen LogP contribution in [0, 0.1) is 0 Å². The van der Waals surface area contributed by atoms with E-state index in [9.17, 15) is 18.0 Å². The molecule has 0 saturated heterocycles. The number of halogens is 3. The maximum Gasteiger partial charge on any atom is 0.573 e. The van der Waals surface area contributed by atoms with Gasteiger partial charge < -0.3 is 4.74 Å². The summed E-state index contributed by atoms with van der Waals surface area (Å²) in [7, 11) is 0. The number of carbonyl (C=O) groups excluding carboxylic acids is 1. The fraction of sp³-hybridized carbons (Fsp3) is 0.364. The SMILES string of the molecule is CCC(=O)c1ccc(SC)cc1OC(F)(F)F. The Morgan fingerprint density at radius 2 is 2.06 bits per heavy atom. The summed E-state index contributed by atoms with van der Waals surface area (Å²) in [4.78, 5) is 12.1. The van der Waals surface area contributed by atoms with Crippen molar-refractivity contribution in [1.29, 1.82) is 0 Å². The number of ether oxygens (including phenoxy) is 1. The van der Waals surface area contributed by atoms with Gasteiger partial charge in [-0.15, -0.1) is 24.9 Å². The topological polar surface area (TPSA) is 26.3 Å². The number of thioether (sulfide) groups is 1. The van der Waals surface area contributed by atoms with Gasteiger partial charge in [0, 0.05) is 11.3 Å². The van der Waals surface area contributed by atoms with Crippen molar-refractivity contribution in [2.45, 2.75) is 24.6 Å². The van der Waals surface area contributed by atoms with Gasteiger partial charge in [0.25, 0.3) is 0 Å². The summed E-state index contributed by atoms with van der Waals surface area (Å²) in [5, 5.41) is 0. The third-order valence-corrected chi connectivity index (χ3v) is 2.76. The number of rotatable bonds is 4. The second-order valence-electron chi connectivity index (χ2n) is 3.19. The summed E-state index contributed by atoms with van der Waals surface area (Å²) >= 11 is 1.28. The van der Waals surface area contributed by atoms with Crippen LogP contribution in [0.3, 0.4) is 0 Å². The zero-order chi connectivity index (χ0) is 13.1. The van der Waals surface area contributed by atoms with Crippen molar-refractivity contribution in [2.24, 2.45) is 0 Å². The molecule has 0 aliphatic carbocycles. The average Bonchev–Trinajstić information content (AvgIpc) is 2.25. The summed E-state index contributed by atoms with van der Waals surface area (Å²) in [5.41, 5.74) is -0.0392. The molecule has 6 heteroatoms. The molecule has 0 saturated carbocycles. The number of benzene rings is 1. The molecule has 0 aromatic heterocycles. The van der Waals surface area contributed by atoms with Crippen LogP contribution in [0.4, 0.5) is 13.2 Å². The van der Waals surface area contributed by atoms with Crippen LogP contribution in [0.1, 0.15) is 23.7 Å². The molecule has 1 aromatic carbocycles. The van der Waals surface area contributed by atoms with E-state index >= 15 is 0 Å². The van der Waals surface area contributed by atoms with Gasteiger partial charge in [-0.25, -0.2) is 0 Å². The zero-order valence-corrected chi connectivity index (χ0v) is 10.1. The van der Waals surface area contributed by atoms with Gasteiger partial charge >= 0.3 is 6.36 Å². The van der Waals surface area contributed by atoms with E-state index in [0.29, 0.717) is 4.90 Å². The van der Waals surface area contributed by atoms with Crippen molar-refractivity contribution in [3.05, 3.63) is 23.8 Å². The maximum atomic E-state index is 12.2. The molecule has 0 N–H and O–H groups in total. The molecule has 0 amide bonds. The molecule has 0 aliphatic heterocycles. The third kappa shape index (κ3) is 3.96. The second-order valence-corrected chi connectivity index (χ2v) is 4.07. The highest BCUT2D eigenvalue weighted by atomic mass is 32.2. The minimum atomic E-state index is -4.79. The van der Waals surface area contributed by atoms with Crippen LogP contribution in [0.2, 0.25) is 0 Å². The smallest absolute Gasteiger partial charge is 0.405 e. The standard InChI is InChI=1S/C11H11F3O2S/c1-3-9(15)8-5-4-7(17-2)6-10(8)16-11(12,13)14/h4-6H,3H2,1-2H3. The van der Waals surface area contributed by atoms with Crippen LogP contribution in [0.25, 0.3) is 0 Å². The summed E-state index contributed by atoms with van der Waals surface area (Å²) < 4.78 is 40.4. The lowest BCUT2D eigenvalue weighted by atomic mass is 10.1. The number of hydrogen-bond acceptors (Lipinski definition) is 3. The third-order valence-electron chi connectivity index (χ3n) is 2.04. The predicted molar refractivity (Wildman–Crippen MR) is 59.5 cm³/mol. The molecule has 2 nitrogen and oxygen atoms in total. The van der Waals surface area contributed by atoms with Crippen molar-refractivity contribution in [2.75, 3.05) is 6.26 Å². The first kappa shape index (κ1) is 13.9. The molecule has 0 heterocycles. The Balaban J connectivity index is 3.16. The van der Waals surface area contributed by atoms with Gasteiger partial charge in [-0.3, -0.25) is 4.79 Å². The van der Waals surface area contributed by atoms with E-state index in [1.54, 1.807) is 19.2 Å². The van der Waals surface area contributed by atoms with Gasteiger partial charge in [-0.2, -0.15) is 0 Å². The Bertz CT molecular complexity index is 416. The van der Waals surface area contributed by atoms with Crippen molar-refractivity contribution >= 4 is 17.5 Å². The first-order chi connectivity index (χ1) is 7.87. The molecule has 17 heavy (non-hydrogen) atoms. The lowest BCUT2D eigenvalue weighted by molar-refractivity contribution is -0.274. The molecule has 0 atom stereocenters. The highest BCUT2D eigenvalue weighted by Gasteiger charge is 2.32. The second kappa shape index (κ2) is 5.44. The summed E-state index contributed by atoms with van der Waals surface area (Å²) in [6, 6.07) is 4.18. The Morgan fingerprint density at radius 3 is 2.53 bits per heavy atom. The predicted octanol–water partition coefficient (Wildman–Crippen LogP) is 3.90. The van der Waals surface area contributed by atoms with E-state index < -0.39 is 12.1 Å². The molecule has 0 spiro atoms. The summed E-state index contributed by atoms with van der Waals surface area (Å²) in [6.07, 6.45) is -2.93. The summed E-state index contributed by atoms with van der Waals surface area (Å²) in [6.45, 7) is 1.59. The van der Waals surface area contributed by atoms with Crippen LogP contribution in [-0.2, 0) is 0 Å². The van der Waals surface area contributed by atoms with Crippen LogP contribution in [0.15, 0.2) is 23.1 Å². The molecule has 0 fully saturated rings. The molecule has 0 bridgehead atoms. The van der Waals surface area contributed by atoms with Gasteiger partial charge in [0.1, 0.15) is 5.75 Å². The van der Waals surface area contributed by atoms with E-state index in [-0.39, 0.29) is 17.8 Å². The fourth-order valence-electron chi connectivity index (χ4n) is 1.26. The van der Waals surface area contributed by atoms with E-state index in [1.807, 2.05) is 0 Å². The van der Waals surface area contributed by atoms with Crippen LogP contribution >= 0.6 is 11.8 Å². The van der Waals surface area contributed by atoms with Gasteiger partial charge in [-0.1, -0.05) is 6.92 Å². The first-order valence-corrected chi connectivity index (χ1v) is 6.07. The van der Waals surface area contributed by atoms with Gasteiger partial charge in [-0.05, 0) is 24.5 Å². The van der Waals surface area contributed by atoms with Gasteiger partial charge in [0.15, 0.2) is 5.78 Å². The maximum absolute atomic E-state index is 12.2. The molecule has 0 radical (unpaired) electrons. The lowest BCUT2D eigenvalue weighted by Crippen LogP contribution is -2.19. The molecular weight excluding hydrogens is 253 g/mol. The molecule has 1 aromatic rings. The Morgan fingerprint density at radius 1 is 1.41 bits per heavy atom. The van der Waals surface area contributed by atoms with E-state index in [0.717, 1.165) is 0 Å². The zero-order valence-electron chi connectivity index (χ0n) is 9.30. The number of Topliss-reactive ketones (excluding diaryl/α,β-unsaturated/α-hetero) is 1. The lowest BCUT2D eigenvalue weighted by Gasteiger charge is -2.13. The van der Waals surface area contributed by atoms with Crippen LogP contribution in [0.5, 0.6) is 5.75 Å². The number of carbonyl (C=O) groups is 1. The minimum absolute atomic E-state index is 0.0392. The Labute approximate surface area is 101 Å². The Hall–Kier alpha value is -1.17. The van der Waals surface area contributed by atoms with E-state index in [2.05, 4.69) is 4.74 Å². The normalized spacial score (nSPS) is 11.4. The largest absolute Gasteiger partial charge is 0.573 e. The fourth-order valence-corrected chi connectivity index (χ4v) is 1.69. The van der Waals surface area contributed by atoms with E-state index in [4.69, 9.17) is 0 Å². The number of alkyl halides is 3.